The van der Waals surface area contributed by atoms with Crippen LogP contribution in [-0.2, 0) is 9.59 Å². The van der Waals surface area contributed by atoms with E-state index in [1.54, 1.807) is 33.3 Å². The molecule has 2 rings (SSSR count). The summed E-state index contributed by atoms with van der Waals surface area (Å²) in [5.41, 5.74) is 6.56. The first kappa shape index (κ1) is 42.0. The van der Waals surface area contributed by atoms with E-state index < -0.39 is 19.8 Å². The van der Waals surface area contributed by atoms with Crippen molar-refractivity contribution in [2.75, 3.05) is 37.2 Å². The van der Waals surface area contributed by atoms with E-state index in [1.807, 2.05) is 43.6 Å². The van der Waals surface area contributed by atoms with Crippen LogP contribution in [0.25, 0.3) is 4.91 Å². The number of amides is 2. The molecule has 0 bridgehead atoms. The molecule has 1 aromatic heterocycles. The average molecular weight is 717 g/mol. The van der Waals surface area contributed by atoms with Crippen molar-refractivity contribution in [3.63, 3.8) is 0 Å². The maximum Gasteiger partial charge on any atom is 0.209 e. The first-order chi connectivity index (χ1) is 20.0. The van der Waals surface area contributed by atoms with Crippen molar-refractivity contribution in [2.24, 2.45) is 5.73 Å². The largest absolute Gasteiger partial charge is 0.351 e. The molecular formula is C33H54FIN4O2S. The number of nitrogens with two attached hydrogens (primary N) is 1. The van der Waals surface area contributed by atoms with Crippen molar-refractivity contribution >= 4 is 48.8 Å². The Hall–Kier alpha value is -2.16. The second kappa shape index (κ2) is 24.3. The first-order valence-corrected chi connectivity index (χ1v) is 19.9. The van der Waals surface area contributed by atoms with E-state index in [0.29, 0.717) is 5.25 Å². The number of alkyl halides is 3. The molecule has 0 saturated carbocycles. The van der Waals surface area contributed by atoms with Gasteiger partial charge in [0.15, 0.2) is 0 Å². The Morgan fingerprint density at radius 1 is 1.31 bits per heavy atom. The van der Waals surface area contributed by atoms with Gasteiger partial charge in [-0.3, -0.25) is 4.79 Å². The van der Waals surface area contributed by atoms with Crippen molar-refractivity contribution < 1.29 is 14.0 Å². The molecule has 2 unspecified atom stereocenters. The zero-order chi connectivity index (χ0) is 32.7. The number of nitrogens with zero attached hydrogens (tertiary/aromatic N) is 3. The number of rotatable bonds is 9. The summed E-state index contributed by atoms with van der Waals surface area (Å²) in [7, 11) is 4.88. The van der Waals surface area contributed by atoms with Crippen LogP contribution in [-0.4, -0.2) is 72.9 Å². The van der Waals surface area contributed by atoms with Crippen LogP contribution in [0, 0.1) is 11.8 Å². The summed E-state index contributed by atoms with van der Waals surface area (Å²) in [6.45, 7) is 15.2. The maximum absolute atomic E-state index is 13.6. The fourth-order valence-electron chi connectivity index (χ4n) is 3.65. The van der Waals surface area contributed by atoms with Crippen LogP contribution in [0.1, 0.15) is 78.9 Å². The van der Waals surface area contributed by atoms with Crippen LogP contribution < -0.4 is 5.73 Å². The molecule has 2 N–H and O–H groups in total. The van der Waals surface area contributed by atoms with E-state index in [1.165, 1.54) is 29.0 Å². The molecule has 1 saturated heterocycles. The number of hydrogen-bond donors (Lipinski definition) is 1. The Labute approximate surface area is 267 Å². The van der Waals surface area contributed by atoms with E-state index in [-0.39, 0.29) is 21.6 Å². The van der Waals surface area contributed by atoms with Crippen molar-refractivity contribution in [3.8, 4) is 11.8 Å². The van der Waals surface area contributed by atoms with Crippen LogP contribution in [0.2, 0.25) is 0 Å². The van der Waals surface area contributed by atoms with Gasteiger partial charge in [-0.15, -0.1) is 0 Å². The second-order valence-electron chi connectivity index (χ2n) is 9.33. The number of carbonyl (C=O) groups excluding carboxylic acids is 2. The molecule has 42 heavy (non-hydrogen) atoms. The van der Waals surface area contributed by atoms with Gasteiger partial charge in [0.05, 0.1) is 0 Å². The summed E-state index contributed by atoms with van der Waals surface area (Å²) in [6, 6.07) is 2.12. The zero-order valence-corrected chi connectivity index (χ0v) is 30.6. The zero-order valence-electron chi connectivity index (χ0n) is 27.6. The number of thioether (sulfide) groups is 1. The van der Waals surface area contributed by atoms with Crippen LogP contribution >= 0.6 is 31.6 Å². The molecule has 2 heterocycles. The van der Waals surface area contributed by atoms with Gasteiger partial charge in [0.25, 0.3) is 0 Å². The smallest absolute Gasteiger partial charge is 0.209 e. The van der Waals surface area contributed by atoms with E-state index in [0.717, 1.165) is 41.5 Å². The van der Waals surface area contributed by atoms with Gasteiger partial charge < -0.3 is 10.6 Å². The predicted molar refractivity (Wildman–Crippen MR) is 191 cm³/mol. The molecule has 1 aromatic rings. The van der Waals surface area contributed by atoms with Crippen LogP contribution in [0.4, 0.5) is 4.39 Å². The minimum Gasteiger partial charge on any atom is -0.351 e. The molecule has 1 aliphatic heterocycles. The molecule has 2 atom stereocenters. The van der Waals surface area contributed by atoms with Gasteiger partial charge in [-0.05, 0) is 7.05 Å². The molecule has 238 valence electrons. The van der Waals surface area contributed by atoms with Gasteiger partial charge in [0.2, 0.25) is 6.41 Å². The number of hydrogen-bond acceptors (Lipinski definition) is 5. The van der Waals surface area contributed by atoms with Gasteiger partial charge in [0.1, 0.15) is 0 Å². The Bertz CT molecular complexity index is 1080. The van der Waals surface area contributed by atoms with Crippen molar-refractivity contribution in [1.29, 1.82) is 0 Å². The van der Waals surface area contributed by atoms with Crippen molar-refractivity contribution in [2.45, 2.75) is 76.4 Å². The molecule has 2 amide bonds. The Balaban J connectivity index is 0. The SMILES string of the molecule is CC.CC#Cc1cncc(/C(=C/CC)SC(C)C2(C)CCN(C(=O)C/C=C(F)\C=C/C)CI2C)c1.CN.CN(C)C=O. The maximum atomic E-state index is 13.6. The number of allylic oxidation sites excluding steroid dienone is 4. The summed E-state index contributed by atoms with van der Waals surface area (Å²) in [5.74, 6) is 5.75. The van der Waals surface area contributed by atoms with E-state index in [2.05, 4.69) is 60.4 Å². The van der Waals surface area contributed by atoms with E-state index in [9.17, 15) is 14.0 Å². The fraction of sp³-hybridized carbons (Fsp3) is 0.545. The predicted octanol–water partition coefficient (Wildman–Crippen LogP) is 7.54. The summed E-state index contributed by atoms with van der Waals surface area (Å²) < 4.78 is 14.7. The Morgan fingerprint density at radius 2 is 1.93 bits per heavy atom. The van der Waals surface area contributed by atoms with Gasteiger partial charge in [-0.25, -0.2) is 0 Å². The Kier molecular flexibility index (Phi) is 24.3. The summed E-state index contributed by atoms with van der Waals surface area (Å²) in [6.07, 6.45) is 13.3. The Morgan fingerprint density at radius 3 is 2.43 bits per heavy atom. The fourth-order valence-corrected chi connectivity index (χ4v) is 11.7. The topological polar surface area (TPSA) is 79.5 Å². The van der Waals surface area contributed by atoms with Gasteiger partial charge in [0, 0.05) is 14.1 Å². The van der Waals surface area contributed by atoms with Crippen LogP contribution in [0.3, 0.4) is 0 Å². The molecule has 0 spiro atoms. The number of pyridine rings is 1. The summed E-state index contributed by atoms with van der Waals surface area (Å²) in [5, 5.41) is 0.427. The van der Waals surface area contributed by atoms with E-state index >= 15 is 0 Å². The molecular weight excluding hydrogens is 662 g/mol. The van der Waals surface area contributed by atoms with Crippen LogP contribution in [0.15, 0.2) is 48.6 Å². The van der Waals surface area contributed by atoms with Gasteiger partial charge in [-0.1, -0.05) is 13.8 Å². The molecule has 1 fully saturated rings. The van der Waals surface area contributed by atoms with E-state index in [4.69, 9.17) is 0 Å². The minimum absolute atomic E-state index is 0.0349. The summed E-state index contributed by atoms with van der Waals surface area (Å²) >= 11 is 0.463. The average Bonchev–Trinajstić information content (AvgIpc) is 2.99. The molecule has 0 aliphatic carbocycles. The summed E-state index contributed by atoms with van der Waals surface area (Å²) in [4.78, 5) is 33.5. The molecule has 0 aromatic carbocycles. The third kappa shape index (κ3) is 15.4. The second-order valence-corrected chi connectivity index (χ2v) is 17.2. The number of carbonyl (C=O) groups is 2. The monoisotopic (exact) mass is 716 g/mol. The minimum atomic E-state index is -1.47. The molecule has 6 nitrogen and oxygen atoms in total. The van der Waals surface area contributed by atoms with Gasteiger partial charge in [-0.2, -0.15) is 0 Å². The quantitative estimate of drug-likeness (QED) is 0.0714. The first-order valence-electron chi connectivity index (χ1n) is 14.3. The van der Waals surface area contributed by atoms with Crippen molar-refractivity contribution in [1.82, 2.24) is 14.8 Å². The normalized spacial score (nSPS) is 18.1. The third-order valence-corrected chi connectivity index (χ3v) is 15.6. The van der Waals surface area contributed by atoms with Crippen LogP contribution in [0.5, 0.6) is 0 Å². The molecule has 9 heteroatoms. The third-order valence-electron chi connectivity index (χ3n) is 6.13. The molecule has 0 radical (unpaired) electrons. The molecule has 1 aliphatic rings. The number of halogens is 2. The van der Waals surface area contributed by atoms with Gasteiger partial charge >= 0.3 is 212 Å². The number of aromatic nitrogens is 1. The van der Waals surface area contributed by atoms with Crippen molar-refractivity contribution in [3.05, 3.63) is 59.7 Å². The standard InChI is InChI=1S/C27H36FIN2OS.C3H7NO.C2H6.CH5N/c1-7-10-22-17-23(19-30-18-22)25(12-9-3)33-21(4)27(5)15-16-31(20-29(27)6)26(32)14-13-24(28)11-8-2;1-4(2)3-5;2*1-2/h8,11-13,17-19,21H,9,14-16,20H2,1-6H3;3H,1-2H3;1-2H3;2H2,1H3/b11-8-,24-13+,25-12-;;;.